The van der Waals surface area contributed by atoms with E-state index in [1.54, 1.807) is 19.1 Å². The molecule has 5 nitrogen and oxygen atoms in total. The summed E-state index contributed by atoms with van der Waals surface area (Å²) in [6.45, 7) is 5.67. The van der Waals surface area contributed by atoms with Crippen molar-refractivity contribution in [1.29, 1.82) is 0 Å². The molecule has 0 aliphatic rings. The lowest BCUT2D eigenvalue weighted by atomic mass is 10.1. The van der Waals surface area contributed by atoms with Crippen molar-refractivity contribution in [2.24, 2.45) is 5.14 Å². The first-order chi connectivity index (χ1) is 10.7. The van der Waals surface area contributed by atoms with E-state index >= 15 is 0 Å². The third-order valence-electron chi connectivity index (χ3n) is 3.39. The first-order valence-corrected chi connectivity index (χ1v) is 8.91. The molecule has 0 spiro atoms. The average Bonchev–Trinajstić information content (AvgIpc) is 2.44. The fourth-order valence-electron chi connectivity index (χ4n) is 2.14. The van der Waals surface area contributed by atoms with Crippen molar-refractivity contribution in [1.82, 2.24) is 0 Å². The van der Waals surface area contributed by atoms with Crippen molar-refractivity contribution in [2.45, 2.75) is 25.7 Å². The van der Waals surface area contributed by atoms with Gasteiger partial charge in [0.15, 0.2) is 5.11 Å². The normalized spacial score (nSPS) is 11.1. The molecular weight excluding hydrogens is 330 g/mol. The number of thiocarbonyl (C=S) groups is 1. The highest BCUT2D eigenvalue weighted by Gasteiger charge is 2.12. The fourth-order valence-corrected chi connectivity index (χ4v) is 3.18. The van der Waals surface area contributed by atoms with Gasteiger partial charge in [0.25, 0.3) is 0 Å². The Hall–Kier alpha value is -1.96. The number of hydrogen-bond acceptors (Lipinski definition) is 3. The van der Waals surface area contributed by atoms with Crippen molar-refractivity contribution in [3.8, 4) is 0 Å². The second-order valence-electron chi connectivity index (χ2n) is 5.42. The van der Waals surface area contributed by atoms with Crippen LogP contribution in [0.4, 0.5) is 11.4 Å². The summed E-state index contributed by atoms with van der Waals surface area (Å²) in [7, 11) is -3.77. The molecule has 23 heavy (non-hydrogen) atoms. The quantitative estimate of drug-likeness (QED) is 0.742. The smallest absolute Gasteiger partial charge is 0.238 e. The van der Waals surface area contributed by atoms with Crippen LogP contribution in [0.2, 0.25) is 0 Å². The Morgan fingerprint density at radius 2 is 1.65 bits per heavy atom. The number of benzene rings is 2. The van der Waals surface area contributed by atoms with Crippen LogP contribution in [0, 0.1) is 20.8 Å². The van der Waals surface area contributed by atoms with E-state index in [-0.39, 0.29) is 4.90 Å². The first-order valence-electron chi connectivity index (χ1n) is 6.95. The third-order valence-corrected chi connectivity index (χ3v) is 4.65. The van der Waals surface area contributed by atoms with E-state index in [1.165, 1.54) is 6.07 Å². The van der Waals surface area contributed by atoms with E-state index in [0.717, 1.165) is 16.8 Å². The van der Waals surface area contributed by atoms with E-state index in [0.29, 0.717) is 16.4 Å². The summed E-state index contributed by atoms with van der Waals surface area (Å²) in [5.41, 5.74) is 4.23. The van der Waals surface area contributed by atoms with Crippen LogP contribution >= 0.6 is 12.2 Å². The molecule has 7 heteroatoms. The van der Waals surface area contributed by atoms with Gasteiger partial charge in [0.1, 0.15) is 0 Å². The second-order valence-corrected chi connectivity index (χ2v) is 7.36. The molecule has 0 aliphatic carbocycles. The van der Waals surface area contributed by atoms with Crippen LogP contribution in [0.3, 0.4) is 0 Å². The molecule has 0 saturated heterocycles. The lowest BCUT2D eigenvalue weighted by Gasteiger charge is -2.14. The maximum atomic E-state index is 11.6. The van der Waals surface area contributed by atoms with Crippen molar-refractivity contribution < 1.29 is 8.42 Å². The van der Waals surface area contributed by atoms with Crippen molar-refractivity contribution in [3.63, 3.8) is 0 Å². The molecule has 4 N–H and O–H groups in total. The lowest BCUT2D eigenvalue weighted by molar-refractivity contribution is 0.597. The number of hydrogen-bond donors (Lipinski definition) is 3. The Morgan fingerprint density at radius 3 is 2.30 bits per heavy atom. The van der Waals surface area contributed by atoms with Crippen LogP contribution in [0.15, 0.2) is 41.3 Å². The topological polar surface area (TPSA) is 84.2 Å². The Kier molecular flexibility index (Phi) is 5.03. The summed E-state index contributed by atoms with van der Waals surface area (Å²) in [5, 5.41) is 11.7. The SMILES string of the molecule is Cc1ccc(C)c(NC(=S)Nc2ccc(C)c(S(N)(=O)=O)c2)c1. The minimum atomic E-state index is -3.77. The van der Waals surface area contributed by atoms with Gasteiger partial charge in [-0.05, 0) is 67.9 Å². The molecule has 2 aromatic rings. The Bertz CT molecular complexity index is 862. The monoisotopic (exact) mass is 349 g/mol. The van der Waals surface area contributed by atoms with E-state index < -0.39 is 10.0 Å². The van der Waals surface area contributed by atoms with E-state index in [4.69, 9.17) is 17.4 Å². The highest BCUT2D eigenvalue weighted by Crippen LogP contribution is 2.20. The fraction of sp³-hybridized carbons (Fsp3) is 0.188. The van der Waals surface area contributed by atoms with E-state index in [1.807, 2.05) is 32.0 Å². The van der Waals surface area contributed by atoms with Crippen molar-refractivity contribution in [3.05, 3.63) is 53.1 Å². The Labute approximate surface area is 142 Å². The Balaban J connectivity index is 2.19. The molecule has 0 radical (unpaired) electrons. The minimum absolute atomic E-state index is 0.0806. The van der Waals surface area contributed by atoms with Crippen LogP contribution in [0.5, 0.6) is 0 Å². The zero-order valence-electron chi connectivity index (χ0n) is 13.2. The standard InChI is InChI=1S/C16H19N3O2S2/c1-10-4-5-11(2)14(8-10)19-16(22)18-13-7-6-12(3)15(9-13)23(17,20)21/h4-9H,1-3H3,(H2,17,20,21)(H2,18,19,22). The zero-order valence-corrected chi connectivity index (χ0v) is 14.8. The molecule has 0 heterocycles. The zero-order chi connectivity index (χ0) is 17.2. The molecule has 0 saturated carbocycles. The molecule has 0 fully saturated rings. The molecule has 0 aliphatic heterocycles. The van der Waals surface area contributed by atoms with Gasteiger partial charge in [-0.1, -0.05) is 18.2 Å². The van der Waals surface area contributed by atoms with Gasteiger partial charge in [-0.2, -0.15) is 0 Å². The van der Waals surface area contributed by atoms with Crippen molar-refractivity contribution >= 4 is 38.7 Å². The van der Waals surface area contributed by atoms with Gasteiger partial charge < -0.3 is 10.6 Å². The van der Waals surface area contributed by atoms with Crippen LogP contribution in [-0.4, -0.2) is 13.5 Å². The number of primary sulfonamides is 1. The summed E-state index contributed by atoms with van der Waals surface area (Å²) in [6.07, 6.45) is 0. The Morgan fingerprint density at radius 1 is 1.00 bits per heavy atom. The average molecular weight is 349 g/mol. The third kappa shape index (κ3) is 4.51. The summed E-state index contributed by atoms with van der Waals surface area (Å²) in [5.74, 6) is 0. The lowest BCUT2D eigenvalue weighted by Crippen LogP contribution is -2.20. The first kappa shape index (κ1) is 17.4. The highest BCUT2D eigenvalue weighted by molar-refractivity contribution is 7.89. The molecule has 2 aromatic carbocycles. The van der Waals surface area contributed by atoms with Gasteiger partial charge in [-0.3, -0.25) is 0 Å². The minimum Gasteiger partial charge on any atom is -0.332 e. The van der Waals surface area contributed by atoms with E-state index in [9.17, 15) is 8.42 Å². The largest absolute Gasteiger partial charge is 0.332 e. The number of nitrogens with one attached hydrogen (secondary N) is 2. The molecule has 0 amide bonds. The second kappa shape index (κ2) is 6.66. The predicted molar refractivity (Wildman–Crippen MR) is 98.3 cm³/mol. The number of sulfonamides is 1. The van der Waals surface area contributed by atoms with Gasteiger partial charge in [0, 0.05) is 11.4 Å². The molecule has 2 rings (SSSR count). The van der Waals surface area contributed by atoms with Gasteiger partial charge >= 0.3 is 0 Å². The van der Waals surface area contributed by atoms with Crippen LogP contribution in [-0.2, 0) is 10.0 Å². The molecular formula is C16H19N3O2S2. The summed E-state index contributed by atoms with van der Waals surface area (Å²) in [6, 6.07) is 10.9. The number of aryl methyl sites for hydroxylation is 3. The van der Waals surface area contributed by atoms with Crippen LogP contribution < -0.4 is 15.8 Å². The highest BCUT2D eigenvalue weighted by atomic mass is 32.2. The van der Waals surface area contributed by atoms with E-state index in [2.05, 4.69) is 10.6 Å². The maximum absolute atomic E-state index is 11.6. The van der Waals surface area contributed by atoms with Gasteiger partial charge in [0.2, 0.25) is 10.0 Å². The van der Waals surface area contributed by atoms with Gasteiger partial charge in [-0.25, -0.2) is 13.6 Å². The van der Waals surface area contributed by atoms with Crippen LogP contribution in [0.1, 0.15) is 16.7 Å². The van der Waals surface area contributed by atoms with Crippen LogP contribution in [0.25, 0.3) is 0 Å². The summed E-state index contributed by atoms with van der Waals surface area (Å²) < 4.78 is 23.1. The predicted octanol–water partition coefficient (Wildman–Crippen LogP) is 3.07. The van der Waals surface area contributed by atoms with Crippen molar-refractivity contribution in [2.75, 3.05) is 10.6 Å². The number of rotatable bonds is 3. The molecule has 0 aromatic heterocycles. The maximum Gasteiger partial charge on any atom is 0.238 e. The molecule has 0 bridgehead atoms. The summed E-state index contributed by atoms with van der Waals surface area (Å²) >= 11 is 5.29. The molecule has 122 valence electrons. The number of nitrogens with two attached hydrogens (primary N) is 1. The van der Waals surface area contributed by atoms with Gasteiger partial charge in [-0.15, -0.1) is 0 Å². The summed E-state index contributed by atoms with van der Waals surface area (Å²) in [4.78, 5) is 0.0806. The molecule has 0 unspecified atom stereocenters. The van der Waals surface area contributed by atoms with Gasteiger partial charge in [0.05, 0.1) is 4.90 Å². The number of anilines is 2. The molecule has 0 atom stereocenters.